The van der Waals surface area contributed by atoms with Crippen molar-refractivity contribution in [1.82, 2.24) is 0 Å². The van der Waals surface area contributed by atoms with E-state index in [1.54, 1.807) is 7.11 Å². The smallest absolute Gasteiger partial charge is 0.119 e. The van der Waals surface area contributed by atoms with E-state index in [9.17, 15) is 0 Å². The molecule has 0 heterocycles. The highest BCUT2D eigenvalue weighted by molar-refractivity contribution is 5.28. The molecule has 0 bridgehead atoms. The molecule has 2 nitrogen and oxygen atoms in total. The van der Waals surface area contributed by atoms with E-state index in [2.05, 4.69) is 5.92 Å². The molecule has 0 aliphatic heterocycles. The Balaban J connectivity index is 2.51. The molecule has 2 heteroatoms. The number of hydrogen-bond donors (Lipinski definition) is 0. The molecule has 0 aliphatic carbocycles. The number of benzene rings is 1. The lowest BCUT2D eigenvalue weighted by molar-refractivity contribution is 0.184. The summed E-state index contributed by atoms with van der Waals surface area (Å²) < 4.78 is 10.5. The minimum Gasteiger partial charge on any atom is -0.493 e. The molecule has 0 saturated heterocycles. The van der Waals surface area contributed by atoms with E-state index in [0.29, 0.717) is 19.6 Å². The van der Waals surface area contributed by atoms with Crippen molar-refractivity contribution in [3.05, 3.63) is 29.8 Å². The van der Waals surface area contributed by atoms with Crippen LogP contribution in [0.15, 0.2) is 24.3 Å². The summed E-state index contributed by atoms with van der Waals surface area (Å²) in [5.41, 5.74) is 1.10. The summed E-state index contributed by atoms with van der Waals surface area (Å²) >= 11 is 0. The lowest BCUT2D eigenvalue weighted by atomic mass is 10.2. The summed E-state index contributed by atoms with van der Waals surface area (Å²) in [6, 6.07) is 7.81. The van der Waals surface area contributed by atoms with Crippen molar-refractivity contribution in [2.75, 3.05) is 13.7 Å². The number of terminal acetylenes is 1. The molecule has 1 aromatic rings. The fourth-order valence-electron chi connectivity index (χ4n) is 1.12. The normalized spacial score (nSPS) is 9.43. The van der Waals surface area contributed by atoms with Gasteiger partial charge in [0.15, 0.2) is 0 Å². The van der Waals surface area contributed by atoms with Crippen LogP contribution in [-0.4, -0.2) is 13.7 Å². The Labute approximate surface area is 84.8 Å². The van der Waals surface area contributed by atoms with Crippen molar-refractivity contribution in [1.29, 1.82) is 0 Å². The van der Waals surface area contributed by atoms with Crippen molar-refractivity contribution < 1.29 is 9.47 Å². The molecule has 0 N–H and O–H groups in total. The van der Waals surface area contributed by atoms with Gasteiger partial charge in [-0.25, -0.2) is 0 Å². The van der Waals surface area contributed by atoms with Crippen LogP contribution in [-0.2, 0) is 11.3 Å². The Morgan fingerprint density at radius 1 is 1.43 bits per heavy atom. The molecule has 0 aliphatic rings. The van der Waals surface area contributed by atoms with Crippen molar-refractivity contribution in [2.24, 2.45) is 0 Å². The molecule has 0 amide bonds. The van der Waals surface area contributed by atoms with E-state index < -0.39 is 0 Å². The predicted octanol–water partition coefficient (Wildman–Crippen LogP) is 2.24. The zero-order valence-corrected chi connectivity index (χ0v) is 8.32. The first-order valence-corrected chi connectivity index (χ1v) is 4.51. The van der Waals surface area contributed by atoms with Gasteiger partial charge in [-0.1, -0.05) is 12.1 Å². The van der Waals surface area contributed by atoms with Crippen LogP contribution in [0.2, 0.25) is 0 Å². The lowest BCUT2D eigenvalue weighted by Crippen LogP contribution is -1.96. The maximum atomic E-state index is 5.44. The summed E-state index contributed by atoms with van der Waals surface area (Å²) in [5, 5.41) is 0. The van der Waals surface area contributed by atoms with Gasteiger partial charge in [0.2, 0.25) is 0 Å². The van der Waals surface area contributed by atoms with Crippen LogP contribution in [0, 0.1) is 12.3 Å². The van der Waals surface area contributed by atoms with Crippen LogP contribution in [0.5, 0.6) is 5.75 Å². The SMILES string of the molecule is C#CCCOc1cccc(COC)c1. The Morgan fingerprint density at radius 3 is 3.00 bits per heavy atom. The van der Waals surface area contributed by atoms with Gasteiger partial charge in [-0.3, -0.25) is 0 Å². The first-order valence-electron chi connectivity index (χ1n) is 4.51. The minimum absolute atomic E-state index is 0.562. The number of hydrogen-bond acceptors (Lipinski definition) is 2. The van der Waals surface area contributed by atoms with E-state index in [0.717, 1.165) is 11.3 Å². The summed E-state index contributed by atoms with van der Waals surface area (Å²) in [4.78, 5) is 0. The fraction of sp³-hybridized carbons (Fsp3) is 0.333. The Kier molecular flexibility index (Phi) is 4.60. The van der Waals surface area contributed by atoms with E-state index in [-0.39, 0.29) is 0 Å². The maximum Gasteiger partial charge on any atom is 0.119 e. The van der Waals surface area contributed by atoms with Gasteiger partial charge in [0.25, 0.3) is 0 Å². The highest BCUT2D eigenvalue weighted by atomic mass is 16.5. The molecule has 14 heavy (non-hydrogen) atoms. The van der Waals surface area contributed by atoms with Crippen LogP contribution < -0.4 is 4.74 Å². The van der Waals surface area contributed by atoms with E-state index in [4.69, 9.17) is 15.9 Å². The van der Waals surface area contributed by atoms with Crippen molar-refractivity contribution in [2.45, 2.75) is 13.0 Å². The van der Waals surface area contributed by atoms with Gasteiger partial charge < -0.3 is 9.47 Å². The lowest BCUT2D eigenvalue weighted by Gasteiger charge is -2.05. The number of methoxy groups -OCH3 is 1. The molecule has 1 rings (SSSR count). The topological polar surface area (TPSA) is 18.5 Å². The molecule has 1 aromatic carbocycles. The molecule has 0 aromatic heterocycles. The fourth-order valence-corrected chi connectivity index (χ4v) is 1.12. The average molecular weight is 190 g/mol. The first-order chi connectivity index (χ1) is 6.86. The molecule has 0 atom stereocenters. The third kappa shape index (κ3) is 3.51. The highest BCUT2D eigenvalue weighted by Gasteiger charge is 1.95. The zero-order valence-electron chi connectivity index (χ0n) is 8.32. The third-order valence-corrected chi connectivity index (χ3v) is 1.72. The second-order valence-electron chi connectivity index (χ2n) is 2.88. The van der Waals surface area contributed by atoms with Crippen LogP contribution in [0.3, 0.4) is 0 Å². The molecule has 0 radical (unpaired) electrons. The summed E-state index contributed by atoms with van der Waals surface area (Å²) in [6.45, 7) is 1.17. The van der Waals surface area contributed by atoms with Crippen molar-refractivity contribution >= 4 is 0 Å². The van der Waals surface area contributed by atoms with Crippen LogP contribution in [0.25, 0.3) is 0 Å². The van der Waals surface area contributed by atoms with Crippen molar-refractivity contribution in [3.8, 4) is 18.1 Å². The predicted molar refractivity (Wildman–Crippen MR) is 56.1 cm³/mol. The van der Waals surface area contributed by atoms with Gasteiger partial charge in [-0.2, -0.15) is 0 Å². The molecule has 0 spiro atoms. The Hall–Kier alpha value is -1.46. The van der Waals surface area contributed by atoms with E-state index >= 15 is 0 Å². The maximum absolute atomic E-state index is 5.44. The second kappa shape index (κ2) is 6.06. The summed E-state index contributed by atoms with van der Waals surface area (Å²) in [5.74, 6) is 3.37. The largest absolute Gasteiger partial charge is 0.493 e. The minimum atomic E-state index is 0.562. The van der Waals surface area contributed by atoms with Gasteiger partial charge in [-0.15, -0.1) is 12.3 Å². The van der Waals surface area contributed by atoms with Gasteiger partial charge in [-0.05, 0) is 17.7 Å². The number of rotatable bonds is 5. The molecule has 0 fully saturated rings. The average Bonchev–Trinajstić information content (AvgIpc) is 2.19. The summed E-state index contributed by atoms with van der Waals surface area (Å²) in [6.07, 6.45) is 5.75. The Morgan fingerprint density at radius 2 is 2.29 bits per heavy atom. The first kappa shape index (κ1) is 10.6. The molecule has 74 valence electrons. The van der Waals surface area contributed by atoms with E-state index in [1.807, 2.05) is 24.3 Å². The zero-order chi connectivity index (χ0) is 10.2. The van der Waals surface area contributed by atoms with Gasteiger partial charge in [0.1, 0.15) is 5.75 Å². The van der Waals surface area contributed by atoms with Crippen LogP contribution in [0.1, 0.15) is 12.0 Å². The number of ether oxygens (including phenoxy) is 2. The third-order valence-electron chi connectivity index (χ3n) is 1.72. The van der Waals surface area contributed by atoms with E-state index in [1.165, 1.54) is 0 Å². The monoisotopic (exact) mass is 190 g/mol. The quantitative estimate of drug-likeness (QED) is 0.523. The van der Waals surface area contributed by atoms with Crippen LogP contribution in [0.4, 0.5) is 0 Å². The molecule has 0 saturated carbocycles. The van der Waals surface area contributed by atoms with Gasteiger partial charge in [0.05, 0.1) is 13.2 Å². The molecule has 0 unspecified atom stereocenters. The second-order valence-corrected chi connectivity index (χ2v) is 2.88. The van der Waals surface area contributed by atoms with Gasteiger partial charge in [0, 0.05) is 13.5 Å². The van der Waals surface area contributed by atoms with Crippen molar-refractivity contribution in [3.63, 3.8) is 0 Å². The summed E-state index contributed by atoms with van der Waals surface area (Å²) in [7, 11) is 1.67. The molecular weight excluding hydrogens is 176 g/mol. The van der Waals surface area contributed by atoms with Crippen LogP contribution >= 0.6 is 0 Å². The molecular formula is C12H14O2. The van der Waals surface area contributed by atoms with Gasteiger partial charge >= 0.3 is 0 Å². The Bertz CT molecular complexity index is 312. The highest BCUT2D eigenvalue weighted by Crippen LogP contribution is 2.13. The standard InChI is InChI=1S/C12H14O2/c1-3-4-8-14-12-7-5-6-11(9-12)10-13-2/h1,5-7,9H,4,8,10H2,2H3.